The molecular formula is C22H28N2O5. The zero-order chi connectivity index (χ0) is 21.6. The molecule has 1 unspecified atom stereocenters. The van der Waals surface area contributed by atoms with Gasteiger partial charge in [0.2, 0.25) is 0 Å². The number of aliphatic hydroxyl groups is 2. The number of aliphatic carboxylic acids is 1. The number of hydrogen-bond acceptors (Lipinski definition) is 6. The van der Waals surface area contributed by atoms with Crippen LogP contribution in [-0.2, 0) is 22.6 Å². The molecular weight excluding hydrogens is 372 g/mol. The van der Waals surface area contributed by atoms with Crippen LogP contribution >= 0.6 is 0 Å². The van der Waals surface area contributed by atoms with Crippen molar-refractivity contribution in [2.24, 2.45) is 16.1 Å². The molecule has 0 heterocycles. The summed E-state index contributed by atoms with van der Waals surface area (Å²) in [6.45, 7) is 1.84. The molecule has 3 N–H and O–H groups in total. The number of rotatable bonds is 10. The maximum Gasteiger partial charge on any atom is 0.303 e. The van der Waals surface area contributed by atoms with E-state index in [1.165, 1.54) is 0 Å². The Bertz CT molecular complexity index is 786. The molecule has 0 aliphatic carbocycles. The minimum atomic E-state index is -0.830. The molecule has 0 fully saturated rings. The topological polar surface area (TPSA) is 120 Å². The lowest BCUT2D eigenvalue weighted by Crippen LogP contribution is -2.08. The number of aliphatic hydroxyl groups excluding tert-OH is 2. The average Bonchev–Trinajstić information content (AvgIpc) is 2.73. The van der Waals surface area contributed by atoms with Gasteiger partial charge in [-0.05, 0) is 47.7 Å². The summed E-state index contributed by atoms with van der Waals surface area (Å²) >= 11 is 0. The summed E-state index contributed by atoms with van der Waals surface area (Å²) in [6.07, 6.45) is 1.40. The molecule has 0 radical (unpaired) electrons. The van der Waals surface area contributed by atoms with Gasteiger partial charge in [0.1, 0.15) is 5.78 Å². The van der Waals surface area contributed by atoms with Gasteiger partial charge in [-0.15, -0.1) is 0 Å². The summed E-state index contributed by atoms with van der Waals surface area (Å²) in [5.74, 6) is -0.727. The lowest BCUT2D eigenvalue weighted by molar-refractivity contribution is -0.138. The number of nitrogens with zero attached hydrogens (tertiary/aromatic N) is 2. The molecule has 0 saturated heterocycles. The van der Waals surface area contributed by atoms with Crippen molar-refractivity contribution >= 4 is 23.1 Å². The Labute approximate surface area is 170 Å². The van der Waals surface area contributed by atoms with Gasteiger partial charge in [-0.25, -0.2) is 0 Å². The van der Waals surface area contributed by atoms with Gasteiger partial charge in [-0.3, -0.25) is 9.59 Å². The minimum Gasteiger partial charge on any atom is -0.481 e. The SMILES string of the molecule is CC(CCC(=O)Cc1ccc(N=Nc2ccc(CO)cc2)cc1)CC(=O)O.CO. The number of carbonyl (C=O) groups is 2. The summed E-state index contributed by atoms with van der Waals surface area (Å²) in [4.78, 5) is 22.7. The maximum absolute atomic E-state index is 12.0. The number of Topliss-reactive ketones (excluding diaryl/α,β-unsaturated/α-hetero) is 1. The third-order valence-electron chi connectivity index (χ3n) is 4.18. The predicted octanol–water partition coefficient (Wildman–Crippen LogP) is 4.21. The number of carboxylic acid groups (broad SMARTS) is 1. The van der Waals surface area contributed by atoms with Crippen LogP contribution < -0.4 is 0 Å². The van der Waals surface area contributed by atoms with E-state index in [1.807, 2.05) is 19.1 Å². The maximum atomic E-state index is 12.0. The zero-order valence-electron chi connectivity index (χ0n) is 16.8. The largest absolute Gasteiger partial charge is 0.481 e. The molecule has 29 heavy (non-hydrogen) atoms. The number of ketones is 1. The summed E-state index contributed by atoms with van der Waals surface area (Å²) in [5, 5.41) is 33.1. The van der Waals surface area contributed by atoms with E-state index in [4.69, 9.17) is 15.3 Å². The van der Waals surface area contributed by atoms with Gasteiger partial charge < -0.3 is 15.3 Å². The third-order valence-corrected chi connectivity index (χ3v) is 4.18. The van der Waals surface area contributed by atoms with E-state index in [-0.39, 0.29) is 24.7 Å². The minimum absolute atomic E-state index is 0.000631. The van der Waals surface area contributed by atoms with Crippen LogP contribution in [0.25, 0.3) is 0 Å². The van der Waals surface area contributed by atoms with Crippen LogP contribution in [0.3, 0.4) is 0 Å². The highest BCUT2D eigenvalue weighted by molar-refractivity contribution is 5.81. The Kier molecular flexibility index (Phi) is 11.1. The van der Waals surface area contributed by atoms with E-state index in [1.54, 1.807) is 36.4 Å². The molecule has 0 aromatic heterocycles. The van der Waals surface area contributed by atoms with Crippen molar-refractivity contribution in [1.29, 1.82) is 0 Å². The van der Waals surface area contributed by atoms with Crippen molar-refractivity contribution in [1.82, 2.24) is 0 Å². The standard InChI is InChI=1S/C21H24N2O4.CH4O/c1-15(12-21(26)27)2-11-20(25)13-16-3-7-18(8-4-16)22-23-19-9-5-17(14-24)6-10-19;1-2/h3-10,15,24H,2,11-14H2,1H3,(H,26,27);2H,1H3. The molecule has 7 heteroatoms. The second-order valence-corrected chi connectivity index (χ2v) is 6.65. The second kappa shape index (κ2) is 13.3. The molecule has 7 nitrogen and oxygen atoms in total. The van der Waals surface area contributed by atoms with E-state index >= 15 is 0 Å². The van der Waals surface area contributed by atoms with Gasteiger partial charge in [-0.2, -0.15) is 10.2 Å². The lowest BCUT2D eigenvalue weighted by Gasteiger charge is -2.07. The van der Waals surface area contributed by atoms with Crippen LogP contribution in [0.2, 0.25) is 0 Å². The van der Waals surface area contributed by atoms with E-state index in [0.717, 1.165) is 18.2 Å². The van der Waals surface area contributed by atoms with Crippen LogP contribution in [0.1, 0.15) is 37.3 Å². The summed E-state index contributed by atoms with van der Waals surface area (Å²) in [6, 6.07) is 14.5. The Morgan fingerprint density at radius 3 is 1.83 bits per heavy atom. The summed E-state index contributed by atoms with van der Waals surface area (Å²) in [5.41, 5.74) is 3.10. The number of azo groups is 1. The van der Waals surface area contributed by atoms with Gasteiger partial charge in [0.15, 0.2) is 0 Å². The second-order valence-electron chi connectivity index (χ2n) is 6.65. The highest BCUT2D eigenvalue weighted by Crippen LogP contribution is 2.20. The fourth-order valence-corrected chi connectivity index (χ4v) is 2.59. The summed E-state index contributed by atoms with van der Waals surface area (Å²) in [7, 11) is 1.00. The first-order valence-corrected chi connectivity index (χ1v) is 9.35. The lowest BCUT2D eigenvalue weighted by atomic mass is 9.98. The van der Waals surface area contributed by atoms with Crippen LogP contribution in [0.5, 0.6) is 0 Å². The van der Waals surface area contributed by atoms with E-state index in [0.29, 0.717) is 30.6 Å². The highest BCUT2D eigenvalue weighted by Gasteiger charge is 2.11. The third kappa shape index (κ3) is 9.73. The number of carbonyl (C=O) groups excluding carboxylic acids is 1. The smallest absolute Gasteiger partial charge is 0.303 e. The van der Waals surface area contributed by atoms with Crippen LogP contribution in [0, 0.1) is 5.92 Å². The first-order valence-electron chi connectivity index (χ1n) is 9.35. The first-order chi connectivity index (χ1) is 14.0. The fourth-order valence-electron chi connectivity index (χ4n) is 2.59. The molecule has 0 aliphatic heterocycles. The van der Waals surface area contributed by atoms with Crippen molar-refractivity contribution in [3.8, 4) is 0 Å². The molecule has 2 rings (SSSR count). The van der Waals surface area contributed by atoms with Gasteiger partial charge >= 0.3 is 5.97 Å². The van der Waals surface area contributed by atoms with Crippen molar-refractivity contribution in [2.75, 3.05) is 7.11 Å². The van der Waals surface area contributed by atoms with Crippen molar-refractivity contribution in [3.05, 3.63) is 59.7 Å². The van der Waals surface area contributed by atoms with Crippen molar-refractivity contribution in [2.45, 2.75) is 39.2 Å². The van der Waals surface area contributed by atoms with Gasteiger partial charge in [-0.1, -0.05) is 31.2 Å². The molecule has 0 spiro atoms. The number of hydrogen-bond donors (Lipinski definition) is 3. The van der Waals surface area contributed by atoms with Crippen molar-refractivity contribution in [3.63, 3.8) is 0 Å². The number of benzene rings is 2. The van der Waals surface area contributed by atoms with E-state index in [2.05, 4.69) is 10.2 Å². The molecule has 0 bridgehead atoms. The Balaban J connectivity index is 0.00000204. The molecule has 156 valence electrons. The molecule has 0 saturated carbocycles. The monoisotopic (exact) mass is 400 g/mol. The highest BCUT2D eigenvalue weighted by atomic mass is 16.4. The van der Waals surface area contributed by atoms with Crippen LogP contribution in [0.4, 0.5) is 11.4 Å². The van der Waals surface area contributed by atoms with Gasteiger partial charge in [0, 0.05) is 26.4 Å². The van der Waals surface area contributed by atoms with Gasteiger partial charge in [0.25, 0.3) is 0 Å². The summed E-state index contributed by atoms with van der Waals surface area (Å²) < 4.78 is 0. The quantitative estimate of drug-likeness (QED) is 0.516. The fraction of sp³-hybridized carbons (Fsp3) is 0.364. The average molecular weight is 400 g/mol. The molecule has 0 aliphatic rings. The molecule has 0 amide bonds. The normalized spacial score (nSPS) is 11.6. The first kappa shape index (κ1) is 24.1. The van der Waals surface area contributed by atoms with Gasteiger partial charge in [0.05, 0.1) is 18.0 Å². The van der Waals surface area contributed by atoms with E-state index < -0.39 is 5.97 Å². The Hall–Kier alpha value is -2.90. The number of carboxylic acids is 1. The zero-order valence-corrected chi connectivity index (χ0v) is 16.8. The molecule has 2 aromatic rings. The molecule has 1 atom stereocenters. The predicted molar refractivity (Wildman–Crippen MR) is 110 cm³/mol. The Morgan fingerprint density at radius 1 is 0.897 bits per heavy atom. The Morgan fingerprint density at radius 2 is 1.38 bits per heavy atom. The van der Waals surface area contributed by atoms with Crippen LogP contribution in [0.15, 0.2) is 58.8 Å². The van der Waals surface area contributed by atoms with Crippen LogP contribution in [-0.4, -0.2) is 34.2 Å². The molecule has 2 aromatic carbocycles. The van der Waals surface area contributed by atoms with E-state index in [9.17, 15) is 9.59 Å². The van der Waals surface area contributed by atoms with Crippen molar-refractivity contribution < 1.29 is 24.9 Å².